The minimum atomic E-state index is -0.252. The Balaban J connectivity index is 1.64. The van der Waals surface area contributed by atoms with E-state index in [1.807, 2.05) is 30.3 Å². The molecule has 24 heavy (non-hydrogen) atoms. The van der Waals surface area contributed by atoms with Crippen LogP contribution in [-0.2, 0) is 16.1 Å². The normalized spacial score (nSPS) is 17.5. The predicted molar refractivity (Wildman–Crippen MR) is 96.6 cm³/mol. The second kappa shape index (κ2) is 7.49. The second-order valence-corrected chi connectivity index (χ2v) is 6.86. The van der Waals surface area contributed by atoms with Crippen molar-refractivity contribution in [3.8, 4) is 0 Å². The molecule has 1 aromatic carbocycles. The monoisotopic (exact) mass is 341 g/mol. The summed E-state index contributed by atoms with van der Waals surface area (Å²) < 4.78 is 0. The SMILES string of the molecule is C=CC(=O)N1CCSC(C(=O)NCc2nccc3ccccc23)C1. The van der Waals surface area contributed by atoms with Crippen LogP contribution in [0.1, 0.15) is 5.69 Å². The van der Waals surface area contributed by atoms with E-state index in [4.69, 9.17) is 0 Å². The molecule has 1 aliphatic heterocycles. The molecule has 5 nitrogen and oxygen atoms in total. The van der Waals surface area contributed by atoms with Gasteiger partial charge in [0.1, 0.15) is 5.25 Å². The molecule has 0 bridgehead atoms. The smallest absolute Gasteiger partial charge is 0.246 e. The maximum Gasteiger partial charge on any atom is 0.246 e. The number of nitrogens with zero attached hydrogens (tertiary/aromatic N) is 2. The number of amides is 2. The van der Waals surface area contributed by atoms with Crippen LogP contribution in [0.5, 0.6) is 0 Å². The Morgan fingerprint density at radius 1 is 1.38 bits per heavy atom. The lowest BCUT2D eigenvalue weighted by Crippen LogP contribution is -2.47. The van der Waals surface area contributed by atoms with Crippen molar-refractivity contribution >= 4 is 34.3 Å². The fraction of sp³-hybridized carbons (Fsp3) is 0.278. The van der Waals surface area contributed by atoms with Gasteiger partial charge in [-0.25, -0.2) is 0 Å². The molecule has 2 heterocycles. The number of pyridine rings is 1. The van der Waals surface area contributed by atoms with Crippen molar-refractivity contribution in [2.45, 2.75) is 11.8 Å². The Kier molecular flexibility index (Phi) is 5.15. The first-order chi connectivity index (χ1) is 11.7. The molecule has 1 aliphatic rings. The molecule has 2 aromatic rings. The summed E-state index contributed by atoms with van der Waals surface area (Å²) in [7, 11) is 0. The summed E-state index contributed by atoms with van der Waals surface area (Å²) in [6, 6.07) is 9.93. The van der Waals surface area contributed by atoms with E-state index in [1.54, 1.807) is 22.9 Å². The summed E-state index contributed by atoms with van der Waals surface area (Å²) in [6.45, 7) is 4.96. The zero-order chi connectivity index (χ0) is 16.9. The van der Waals surface area contributed by atoms with Crippen LogP contribution in [0.4, 0.5) is 0 Å². The zero-order valence-corrected chi connectivity index (χ0v) is 14.1. The van der Waals surface area contributed by atoms with Crippen molar-refractivity contribution in [2.24, 2.45) is 0 Å². The molecule has 1 unspecified atom stereocenters. The maximum atomic E-state index is 12.4. The third kappa shape index (κ3) is 3.59. The van der Waals surface area contributed by atoms with Crippen LogP contribution in [0.25, 0.3) is 10.8 Å². The zero-order valence-electron chi connectivity index (χ0n) is 13.3. The largest absolute Gasteiger partial charge is 0.349 e. The van der Waals surface area contributed by atoms with E-state index in [0.29, 0.717) is 19.6 Å². The number of thioether (sulfide) groups is 1. The van der Waals surface area contributed by atoms with Gasteiger partial charge in [0.2, 0.25) is 11.8 Å². The van der Waals surface area contributed by atoms with Gasteiger partial charge in [0.05, 0.1) is 12.2 Å². The molecule has 1 N–H and O–H groups in total. The Bertz CT molecular complexity index is 772. The highest BCUT2D eigenvalue weighted by Gasteiger charge is 2.28. The summed E-state index contributed by atoms with van der Waals surface area (Å²) >= 11 is 1.58. The summed E-state index contributed by atoms with van der Waals surface area (Å²) in [5, 5.41) is 4.85. The van der Waals surface area contributed by atoms with Gasteiger partial charge in [0.15, 0.2) is 0 Å². The van der Waals surface area contributed by atoms with Crippen LogP contribution in [-0.4, -0.2) is 45.8 Å². The van der Waals surface area contributed by atoms with Crippen LogP contribution >= 0.6 is 11.8 Å². The Morgan fingerprint density at radius 3 is 3.04 bits per heavy atom. The predicted octanol–water partition coefficient (Wildman–Crippen LogP) is 1.98. The van der Waals surface area contributed by atoms with E-state index in [-0.39, 0.29) is 17.1 Å². The second-order valence-electron chi connectivity index (χ2n) is 5.54. The molecule has 6 heteroatoms. The number of aromatic nitrogens is 1. The van der Waals surface area contributed by atoms with Crippen LogP contribution in [0.15, 0.2) is 49.2 Å². The highest BCUT2D eigenvalue weighted by molar-refractivity contribution is 8.00. The van der Waals surface area contributed by atoms with E-state index in [1.165, 1.54) is 6.08 Å². The first-order valence-corrected chi connectivity index (χ1v) is 8.87. The first-order valence-electron chi connectivity index (χ1n) is 7.82. The molecule has 1 atom stereocenters. The third-order valence-electron chi connectivity index (χ3n) is 4.03. The lowest BCUT2D eigenvalue weighted by molar-refractivity contribution is -0.127. The lowest BCUT2D eigenvalue weighted by Gasteiger charge is -2.30. The highest BCUT2D eigenvalue weighted by atomic mass is 32.2. The molecular weight excluding hydrogens is 322 g/mol. The van der Waals surface area contributed by atoms with Crippen molar-refractivity contribution < 1.29 is 9.59 Å². The molecule has 1 saturated heterocycles. The number of hydrogen-bond acceptors (Lipinski definition) is 4. The summed E-state index contributed by atoms with van der Waals surface area (Å²) in [5.41, 5.74) is 0.848. The molecule has 0 aliphatic carbocycles. The van der Waals surface area contributed by atoms with E-state index in [0.717, 1.165) is 22.2 Å². The van der Waals surface area contributed by atoms with E-state index in [9.17, 15) is 9.59 Å². The van der Waals surface area contributed by atoms with Gasteiger partial charge in [0.25, 0.3) is 0 Å². The minimum Gasteiger partial charge on any atom is -0.349 e. The highest BCUT2D eigenvalue weighted by Crippen LogP contribution is 2.20. The molecule has 3 rings (SSSR count). The van der Waals surface area contributed by atoms with Crippen molar-refractivity contribution in [1.29, 1.82) is 0 Å². The first kappa shape index (κ1) is 16.5. The minimum absolute atomic E-state index is 0.0590. The van der Waals surface area contributed by atoms with E-state index < -0.39 is 0 Å². The third-order valence-corrected chi connectivity index (χ3v) is 5.22. The van der Waals surface area contributed by atoms with Gasteiger partial charge >= 0.3 is 0 Å². The Labute approximate surface area is 145 Å². The van der Waals surface area contributed by atoms with Crippen molar-refractivity contribution in [3.05, 3.63) is 54.9 Å². The molecule has 0 saturated carbocycles. The number of nitrogens with one attached hydrogen (secondary N) is 1. The van der Waals surface area contributed by atoms with Crippen LogP contribution in [0.3, 0.4) is 0 Å². The maximum absolute atomic E-state index is 12.4. The number of hydrogen-bond donors (Lipinski definition) is 1. The van der Waals surface area contributed by atoms with Crippen LogP contribution in [0.2, 0.25) is 0 Å². The standard InChI is InChI=1S/C18H19N3O2S/c1-2-17(22)21-9-10-24-16(12-21)18(23)20-11-15-14-6-4-3-5-13(14)7-8-19-15/h2-8,16H,1,9-12H2,(H,20,23). The molecule has 1 fully saturated rings. The molecule has 124 valence electrons. The van der Waals surface area contributed by atoms with Gasteiger partial charge in [0, 0.05) is 30.4 Å². The fourth-order valence-electron chi connectivity index (χ4n) is 2.74. The topological polar surface area (TPSA) is 62.3 Å². The van der Waals surface area contributed by atoms with E-state index >= 15 is 0 Å². The van der Waals surface area contributed by atoms with Gasteiger partial charge < -0.3 is 10.2 Å². The average Bonchev–Trinajstić information content (AvgIpc) is 2.65. The molecule has 0 radical (unpaired) electrons. The van der Waals surface area contributed by atoms with Gasteiger partial charge in [-0.2, -0.15) is 0 Å². The summed E-state index contributed by atoms with van der Waals surface area (Å²) in [4.78, 5) is 30.2. The molecular formula is C18H19N3O2S. The molecule has 0 spiro atoms. The van der Waals surface area contributed by atoms with Crippen LogP contribution < -0.4 is 5.32 Å². The van der Waals surface area contributed by atoms with Crippen molar-refractivity contribution in [1.82, 2.24) is 15.2 Å². The van der Waals surface area contributed by atoms with Crippen LogP contribution in [0, 0.1) is 0 Å². The van der Waals surface area contributed by atoms with Crippen molar-refractivity contribution in [3.63, 3.8) is 0 Å². The molecule has 2 amide bonds. The summed E-state index contributed by atoms with van der Waals surface area (Å²) in [5.74, 6) is 0.574. The van der Waals surface area contributed by atoms with Gasteiger partial charge in [-0.05, 0) is 17.5 Å². The number of benzene rings is 1. The quantitative estimate of drug-likeness (QED) is 0.864. The van der Waals surface area contributed by atoms with Crippen molar-refractivity contribution in [2.75, 3.05) is 18.8 Å². The number of carbonyl (C=O) groups is 2. The number of carbonyl (C=O) groups excluding carboxylic acids is 2. The fourth-order valence-corrected chi connectivity index (χ4v) is 3.88. The lowest BCUT2D eigenvalue weighted by atomic mass is 10.1. The molecule has 1 aromatic heterocycles. The average molecular weight is 341 g/mol. The summed E-state index contributed by atoms with van der Waals surface area (Å²) in [6.07, 6.45) is 3.05. The number of fused-ring (bicyclic) bond motifs is 1. The Morgan fingerprint density at radius 2 is 2.21 bits per heavy atom. The van der Waals surface area contributed by atoms with E-state index in [2.05, 4.69) is 16.9 Å². The van der Waals surface area contributed by atoms with Gasteiger partial charge in [-0.15, -0.1) is 11.8 Å². The Hall–Kier alpha value is -2.34. The van der Waals surface area contributed by atoms with Gasteiger partial charge in [-0.3, -0.25) is 14.6 Å². The van der Waals surface area contributed by atoms with Gasteiger partial charge in [-0.1, -0.05) is 30.8 Å². The number of rotatable bonds is 4.